The van der Waals surface area contributed by atoms with Crippen molar-refractivity contribution in [1.82, 2.24) is 10.3 Å². The lowest BCUT2D eigenvalue weighted by molar-refractivity contribution is -0.136. The minimum atomic E-state index is -0.668. The summed E-state index contributed by atoms with van der Waals surface area (Å²) >= 11 is 6.38. The average molecular weight is 372 g/mol. The number of aromatic nitrogens is 1. The number of anilines is 1. The minimum Gasteiger partial charge on any atom is -0.466 e. The first-order valence-corrected chi connectivity index (χ1v) is 8.24. The number of nitrogen functional groups attached to an aromatic ring is 1. The number of halogens is 1. The predicted octanol–water partition coefficient (Wildman–Crippen LogP) is 1.79. The molecule has 0 saturated heterocycles. The third kappa shape index (κ3) is 3.40. The van der Waals surface area contributed by atoms with Crippen molar-refractivity contribution in [2.75, 3.05) is 19.4 Å². The summed E-state index contributed by atoms with van der Waals surface area (Å²) in [7, 11) is 1.31. The van der Waals surface area contributed by atoms with Gasteiger partial charge in [0.15, 0.2) is 0 Å². The normalized spacial score (nSPS) is 16.7. The first-order chi connectivity index (χ1) is 12.5. The second-order valence-electron chi connectivity index (χ2n) is 5.61. The fourth-order valence-electron chi connectivity index (χ4n) is 2.75. The monoisotopic (exact) mass is 371 g/mol. The van der Waals surface area contributed by atoms with Gasteiger partial charge in [0.25, 0.3) is 0 Å². The Bertz CT molecular complexity index is 896. The van der Waals surface area contributed by atoms with Gasteiger partial charge in [-0.2, -0.15) is 0 Å². The molecule has 134 valence electrons. The zero-order chi connectivity index (χ0) is 18.7. The van der Waals surface area contributed by atoms with E-state index < -0.39 is 12.0 Å². The topological polar surface area (TPSA) is 116 Å². The van der Waals surface area contributed by atoms with E-state index >= 15 is 0 Å². The highest BCUT2D eigenvalue weighted by molar-refractivity contribution is 6.31. The number of carbonyl (C=O) groups excluding carboxylic acids is 1. The Labute approximate surface area is 155 Å². The summed E-state index contributed by atoms with van der Waals surface area (Å²) in [5.41, 5.74) is 14.5. The number of benzene rings is 1. The lowest BCUT2D eigenvalue weighted by Crippen LogP contribution is -2.36. The molecule has 1 aliphatic heterocycles. The number of ether oxygens (including phenoxy) is 1. The largest absolute Gasteiger partial charge is 0.466 e. The van der Waals surface area contributed by atoms with Crippen LogP contribution in [-0.4, -0.2) is 30.4 Å². The summed E-state index contributed by atoms with van der Waals surface area (Å²) in [5.74, 6) is 0.0479. The number of pyridine rings is 1. The Balaban J connectivity index is 2.18. The number of methoxy groups -OCH3 is 1. The van der Waals surface area contributed by atoms with Gasteiger partial charge in [0.1, 0.15) is 11.9 Å². The van der Waals surface area contributed by atoms with Gasteiger partial charge in [0.2, 0.25) is 0 Å². The van der Waals surface area contributed by atoms with E-state index in [1.807, 2.05) is 12.1 Å². The highest BCUT2D eigenvalue weighted by Crippen LogP contribution is 2.36. The summed E-state index contributed by atoms with van der Waals surface area (Å²) in [6.07, 6.45) is 3.32. The second-order valence-corrected chi connectivity index (χ2v) is 6.02. The van der Waals surface area contributed by atoms with Gasteiger partial charge < -0.3 is 21.5 Å². The van der Waals surface area contributed by atoms with Crippen LogP contribution in [0.2, 0.25) is 5.02 Å². The molecule has 8 heteroatoms. The third-order valence-electron chi connectivity index (χ3n) is 4.01. The minimum absolute atomic E-state index is 0.109. The standard InChI is InChI=1S/C18H18ClN5O2/c1-26-18(25)15-14(9-20)23-17(10-4-6-22-7-5-10)24-16(15)12-3-2-11(21)8-13(12)19/h2-8,16H,9,20-21H2,1H3,(H,23,24). The zero-order valence-corrected chi connectivity index (χ0v) is 14.8. The van der Waals surface area contributed by atoms with Crippen LogP contribution in [0.1, 0.15) is 17.2 Å². The zero-order valence-electron chi connectivity index (χ0n) is 14.1. The van der Waals surface area contributed by atoms with E-state index in [1.165, 1.54) is 7.11 Å². The molecule has 3 rings (SSSR count). The number of amidine groups is 1. The summed E-state index contributed by atoms with van der Waals surface area (Å²) in [5, 5.41) is 3.53. The molecule has 0 spiro atoms. The molecule has 1 aliphatic rings. The van der Waals surface area contributed by atoms with Crippen LogP contribution in [-0.2, 0) is 9.53 Å². The number of nitrogens with one attached hydrogen (secondary N) is 1. The molecule has 2 heterocycles. The van der Waals surface area contributed by atoms with Crippen LogP contribution < -0.4 is 16.8 Å². The number of aliphatic imine (C=N–C) groups is 1. The Morgan fingerprint density at radius 2 is 2.04 bits per heavy atom. The van der Waals surface area contributed by atoms with Crippen molar-refractivity contribution in [3.05, 3.63) is 70.1 Å². The lowest BCUT2D eigenvalue weighted by atomic mass is 9.94. The molecule has 26 heavy (non-hydrogen) atoms. The maximum absolute atomic E-state index is 12.4. The maximum atomic E-state index is 12.4. The molecule has 1 aromatic carbocycles. The van der Waals surface area contributed by atoms with Gasteiger partial charge in [-0.3, -0.25) is 9.98 Å². The van der Waals surface area contributed by atoms with E-state index in [0.717, 1.165) is 5.56 Å². The van der Waals surface area contributed by atoms with E-state index in [0.29, 0.717) is 33.4 Å². The molecular weight excluding hydrogens is 354 g/mol. The van der Waals surface area contributed by atoms with Crippen LogP contribution in [0.3, 0.4) is 0 Å². The van der Waals surface area contributed by atoms with E-state index in [1.54, 1.807) is 30.6 Å². The molecule has 1 aromatic heterocycles. The molecule has 2 aromatic rings. The quantitative estimate of drug-likeness (QED) is 0.557. The van der Waals surface area contributed by atoms with Gasteiger partial charge in [-0.1, -0.05) is 17.7 Å². The van der Waals surface area contributed by atoms with Crippen molar-refractivity contribution in [3.8, 4) is 0 Å². The van der Waals surface area contributed by atoms with Crippen molar-refractivity contribution in [1.29, 1.82) is 0 Å². The van der Waals surface area contributed by atoms with E-state index in [-0.39, 0.29) is 6.54 Å². The molecule has 0 bridgehead atoms. The van der Waals surface area contributed by atoms with Crippen LogP contribution >= 0.6 is 11.6 Å². The number of carbonyl (C=O) groups is 1. The molecule has 0 fully saturated rings. The van der Waals surface area contributed by atoms with Crippen LogP contribution in [0.25, 0.3) is 0 Å². The molecule has 1 unspecified atom stereocenters. The molecule has 5 N–H and O–H groups in total. The van der Waals surface area contributed by atoms with Crippen LogP contribution in [0.4, 0.5) is 5.69 Å². The fourth-order valence-corrected chi connectivity index (χ4v) is 3.05. The van der Waals surface area contributed by atoms with Gasteiger partial charge in [-0.15, -0.1) is 0 Å². The molecule has 7 nitrogen and oxygen atoms in total. The fraction of sp³-hybridized carbons (Fsp3) is 0.167. The number of hydrogen-bond donors (Lipinski definition) is 3. The second kappa shape index (κ2) is 7.55. The molecule has 0 saturated carbocycles. The Morgan fingerprint density at radius 3 is 2.65 bits per heavy atom. The lowest BCUT2D eigenvalue weighted by Gasteiger charge is -2.27. The van der Waals surface area contributed by atoms with Gasteiger partial charge in [-0.25, -0.2) is 4.79 Å². The van der Waals surface area contributed by atoms with Gasteiger partial charge >= 0.3 is 5.97 Å². The summed E-state index contributed by atoms with van der Waals surface area (Å²) in [6, 6.07) is 8.03. The van der Waals surface area contributed by atoms with Gasteiger partial charge in [-0.05, 0) is 24.3 Å². The van der Waals surface area contributed by atoms with E-state index in [4.69, 9.17) is 32.8 Å². The van der Waals surface area contributed by atoms with E-state index in [9.17, 15) is 4.79 Å². The van der Waals surface area contributed by atoms with Crippen LogP contribution in [0.5, 0.6) is 0 Å². The number of hydrogen-bond acceptors (Lipinski definition) is 7. The van der Waals surface area contributed by atoms with Crippen LogP contribution in [0, 0.1) is 0 Å². The van der Waals surface area contributed by atoms with E-state index in [2.05, 4.69) is 10.3 Å². The number of esters is 1. The maximum Gasteiger partial charge on any atom is 0.338 e. The van der Waals surface area contributed by atoms with Crippen molar-refractivity contribution in [2.24, 2.45) is 10.7 Å². The summed E-state index contributed by atoms with van der Waals surface area (Å²) < 4.78 is 4.94. The Kier molecular flexibility index (Phi) is 5.20. The highest BCUT2D eigenvalue weighted by Gasteiger charge is 2.32. The number of rotatable bonds is 4. The van der Waals surface area contributed by atoms with Gasteiger partial charge in [0.05, 0.1) is 12.7 Å². The van der Waals surface area contributed by atoms with Crippen LogP contribution in [0.15, 0.2) is 59.0 Å². The van der Waals surface area contributed by atoms with Crippen molar-refractivity contribution < 1.29 is 9.53 Å². The average Bonchev–Trinajstić information content (AvgIpc) is 2.67. The SMILES string of the molecule is COC(=O)C1=C(CN)NC(c2ccncc2)=NC1c1ccc(N)cc1Cl. The smallest absolute Gasteiger partial charge is 0.338 e. The highest BCUT2D eigenvalue weighted by atomic mass is 35.5. The molecule has 0 radical (unpaired) electrons. The first-order valence-electron chi connectivity index (χ1n) is 7.86. The van der Waals surface area contributed by atoms with Crippen molar-refractivity contribution in [3.63, 3.8) is 0 Å². The van der Waals surface area contributed by atoms with Crippen molar-refractivity contribution in [2.45, 2.75) is 6.04 Å². The number of nitrogens with zero attached hydrogens (tertiary/aromatic N) is 2. The van der Waals surface area contributed by atoms with Crippen molar-refractivity contribution >= 4 is 29.1 Å². The Hall–Kier alpha value is -2.90. The first kappa shape index (κ1) is 17.9. The molecule has 0 aliphatic carbocycles. The Morgan fingerprint density at radius 1 is 1.31 bits per heavy atom. The molecular formula is C18H18ClN5O2. The molecule has 0 amide bonds. The summed E-state index contributed by atoms with van der Waals surface area (Å²) in [6.45, 7) is 0.109. The molecule has 1 atom stereocenters. The third-order valence-corrected chi connectivity index (χ3v) is 4.34. The number of nitrogens with two attached hydrogens (primary N) is 2. The van der Waals surface area contributed by atoms with Gasteiger partial charge in [0, 0.05) is 46.5 Å². The predicted molar refractivity (Wildman–Crippen MR) is 101 cm³/mol. The summed E-state index contributed by atoms with van der Waals surface area (Å²) in [4.78, 5) is 21.1.